The fraction of sp³-hybridized carbons (Fsp3) is 0.533. The molecular weight excluding hydrogens is 284 g/mol. The average molecular weight is 306 g/mol. The highest BCUT2D eigenvalue weighted by atomic mass is 32.2. The molecule has 0 fully saturated rings. The van der Waals surface area contributed by atoms with E-state index in [1.807, 2.05) is 19.9 Å². The molecule has 2 aromatic heterocycles. The Morgan fingerprint density at radius 1 is 1.38 bits per heavy atom. The van der Waals surface area contributed by atoms with Crippen molar-refractivity contribution < 1.29 is 4.79 Å². The summed E-state index contributed by atoms with van der Waals surface area (Å²) in [7, 11) is 0. The van der Waals surface area contributed by atoms with Crippen LogP contribution in [0.1, 0.15) is 47.8 Å². The smallest absolute Gasteiger partial charge is 0.208 e. The molecule has 0 aliphatic heterocycles. The van der Waals surface area contributed by atoms with Crippen LogP contribution < -0.4 is 0 Å². The zero-order valence-corrected chi connectivity index (χ0v) is 13.9. The zero-order valence-electron chi connectivity index (χ0n) is 13.1. The summed E-state index contributed by atoms with van der Waals surface area (Å²) in [5.41, 5.74) is 3.03. The van der Waals surface area contributed by atoms with Crippen molar-refractivity contribution in [1.29, 1.82) is 0 Å². The van der Waals surface area contributed by atoms with Gasteiger partial charge in [0.1, 0.15) is 5.82 Å². The van der Waals surface area contributed by atoms with Gasteiger partial charge in [0.25, 0.3) is 0 Å². The molecule has 0 amide bonds. The van der Waals surface area contributed by atoms with E-state index >= 15 is 0 Å². The highest BCUT2D eigenvalue weighted by Gasteiger charge is 2.16. The third-order valence-electron chi connectivity index (χ3n) is 3.50. The molecule has 0 saturated heterocycles. The van der Waals surface area contributed by atoms with Gasteiger partial charge in [-0.25, -0.2) is 4.98 Å². The van der Waals surface area contributed by atoms with E-state index in [0.717, 1.165) is 42.2 Å². The van der Waals surface area contributed by atoms with E-state index in [1.165, 1.54) is 11.8 Å². The molecule has 0 bridgehead atoms. The second-order valence-electron chi connectivity index (χ2n) is 5.07. The van der Waals surface area contributed by atoms with Crippen molar-refractivity contribution in [1.82, 2.24) is 19.7 Å². The quantitative estimate of drug-likeness (QED) is 0.630. The van der Waals surface area contributed by atoms with Gasteiger partial charge in [0.15, 0.2) is 5.78 Å². The summed E-state index contributed by atoms with van der Waals surface area (Å²) in [5, 5.41) is 7.60. The number of carbonyl (C=O) groups is 1. The molecule has 0 aromatic carbocycles. The number of H-pyrrole nitrogens is 1. The van der Waals surface area contributed by atoms with E-state index in [9.17, 15) is 4.79 Å². The summed E-state index contributed by atoms with van der Waals surface area (Å²) in [4.78, 5) is 16.7. The molecule has 0 radical (unpaired) electrons. The Hall–Kier alpha value is -1.56. The van der Waals surface area contributed by atoms with Crippen LogP contribution in [0.5, 0.6) is 0 Å². The Kier molecular flexibility index (Phi) is 5.22. The molecule has 21 heavy (non-hydrogen) atoms. The number of hydrogen-bond donors (Lipinski definition) is 1. The molecule has 0 aliphatic carbocycles. The van der Waals surface area contributed by atoms with Crippen molar-refractivity contribution in [3.8, 4) is 0 Å². The molecule has 0 aliphatic rings. The SMILES string of the molecule is CCCn1c(C)cc(C(=O)CSc2n[nH]c(CC)n2)c1C. The van der Waals surface area contributed by atoms with Crippen molar-refractivity contribution in [2.24, 2.45) is 0 Å². The topological polar surface area (TPSA) is 63.6 Å². The van der Waals surface area contributed by atoms with Crippen LogP contribution in [-0.4, -0.2) is 31.3 Å². The van der Waals surface area contributed by atoms with Gasteiger partial charge >= 0.3 is 0 Å². The maximum atomic E-state index is 12.4. The van der Waals surface area contributed by atoms with Gasteiger partial charge in [-0.15, -0.1) is 5.10 Å². The number of aryl methyl sites for hydroxylation is 2. The normalized spacial score (nSPS) is 11.0. The molecule has 2 heterocycles. The number of ketones is 1. The minimum absolute atomic E-state index is 0.137. The number of hydrogen-bond acceptors (Lipinski definition) is 4. The van der Waals surface area contributed by atoms with Crippen LogP contribution in [0.4, 0.5) is 0 Å². The second kappa shape index (κ2) is 6.93. The Labute approximate surface area is 129 Å². The zero-order chi connectivity index (χ0) is 15.4. The van der Waals surface area contributed by atoms with E-state index in [2.05, 4.69) is 33.6 Å². The summed E-state index contributed by atoms with van der Waals surface area (Å²) >= 11 is 1.38. The molecule has 0 saturated carbocycles. The van der Waals surface area contributed by atoms with Gasteiger partial charge in [-0.1, -0.05) is 25.6 Å². The molecule has 0 atom stereocenters. The van der Waals surface area contributed by atoms with Crippen molar-refractivity contribution in [2.45, 2.75) is 52.2 Å². The van der Waals surface area contributed by atoms with Gasteiger partial charge in [-0.05, 0) is 26.3 Å². The first-order valence-corrected chi connectivity index (χ1v) is 8.29. The summed E-state index contributed by atoms with van der Waals surface area (Å²) in [6.07, 6.45) is 1.88. The first-order valence-electron chi connectivity index (χ1n) is 7.30. The summed E-state index contributed by atoms with van der Waals surface area (Å²) in [6.45, 7) is 9.18. The standard InChI is InChI=1S/C15H22N4OS/c1-5-7-19-10(3)8-12(11(19)4)13(20)9-21-15-16-14(6-2)17-18-15/h8H,5-7,9H2,1-4H3,(H,16,17,18). The molecular formula is C15H22N4OS. The Morgan fingerprint density at radius 3 is 2.76 bits per heavy atom. The van der Waals surface area contributed by atoms with Gasteiger partial charge < -0.3 is 4.57 Å². The lowest BCUT2D eigenvalue weighted by Crippen LogP contribution is -2.06. The third-order valence-corrected chi connectivity index (χ3v) is 4.35. The fourth-order valence-corrected chi connectivity index (χ4v) is 3.06. The minimum atomic E-state index is 0.137. The maximum Gasteiger partial charge on any atom is 0.208 e. The van der Waals surface area contributed by atoms with Crippen LogP contribution >= 0.6 is 11.8 Å². The molecule has 2 rings (SSSR count). The van der Waals surface area contributed by atoms with Gasteiger partial charge in [-0.3, -0.25) is 9.89 Å². The van der Waals surface area contributed by atoms with E-state index in [4.69, 9.17) is 0 Å². The Bertz CT molecular complexity index is 630. The van der Waals surface area contributed by atoms with Crippen LogP contribution in [-0.2, 0) is 13.0 Å². The van der Waals surface area contributed by atoms with Crippen molar-refractivity contribution in [3.63, 3.8) is 0 Å². The Balaban J connectivity index is 2.05. The lowest BCUT2D eigenvalue weighted by molar-refractivity contribution is 0.102. The predicted octanol–water partition coefficient (Wildman–Crippen LogP) is 3.17. The van der Waals surface area contributed by atoms with Gasteiger partial charge in [0, 0.05) is 29.9 Å². The summed E-state index contributed by atoms with van der Waals surface area (Å²) < 4.78 is 2.21. The highest BCUT2D eigenvalue weighted by molar-refractivity contribution is 7.99. The van der Waals surface area contributed by atoms with Crippen molar-refractivity contribution in [2.75, 3.05) is 5.75 Å². The van der Waals surface area contributed by atoms with Crippen LogP contribution in [0.3, 0.4) is 0 Å². The van der Waals surface area contributed by atoms with E-state index in [0.29, 0.717) is 10.9 Å². The van der Waals surface area contributed by atoms with Crippen molar-refractivity contribution >= 4 is 17.5 Å². The minimum Gasteiger partial charge on any atom is -0.348 e. The number of aromatic nitrogens is 4. The van der Waals surface area contributed by atoms with Gasteiger partial charge in [0.05, 0.1) is 5.75 Å². The Morgan fingerprint density at radius 2 is 2.14 bits per heavy atom. The number of nitrogens with one attached hydrogen (secondary N) is 1. The molecule has 5 nitrogen and oxygen atoms in total. The highest BCUT2D eigenvalue weighted by Crippen LogP contribution is 2.20. The molecule has 6 heteroatoms. The first-order chi connectivity index (χ1) is 10.1. The van der Waals surface area contributed by atoms with E-state index in [-0.39, 0.29) is 5.78 Å². The third kappa shape index (κ3) is 3.56. The van der Waals surface area contributed by atoms with Crippen molar-refractivity contribution in [3.05, 3.63) is 28.8 Å². The molecule has 0 unspecified atom stereocenters. The monoisotopic (exact) mass is 306 g/mol. The number of carbonyl (C=O) groups excluding carboxylic acids is 1. The summed E-state index contributed by atoms with van der Waals surface area (Å²) in [6, 6.07) is 1.99. The van der Waals surface area contributed by atoms with Crippen LogP contribution in [0.25, 0.3) is 0 Å². The fourth-order valence-electron chi connectivity index (χ4n) is 2.36. The average Bonchev–Trinajstić information content (AvgIpc) is 3.04. The number of Topliss-reactive ketones (excluding diaryl/α,β-unsaturated/α-hetero) is 1. The molecule has 1 N–H and O–H groups in total. The van der Waals surface area contributed by atoms with Gasteiger partial charge in [0.2, 0.25) is 5.16 Å². The van der Waals surface area contributed by atoms with Crippen LogP contribution in [0.15, 0.2) is 11.2 Å². The van der Waals surface area contributed by atoms with Crippen LogP contribution in [0.2, 0.25) is 0 Å². The van der Waals surface area contributed by atoms with Gasteiger partial charge in [-0.2, -0.15) is 0 Å². The first kappa shape index (κ1) is 15.8. The molecule has 2 aromatic rings. The van der Waals surface area contributed by atoms with E-state index in [1.54, 1.807) is 0 Å². The van der Waals surface area contributed by atoms with E-state index < -0.39 is 0 Å². The number of nitrogens with zero attached hydrogens (tertiary/aromatic N) is 3. The largest absolute Gasteiger partial charge is 0.348 e. The number of thioether (sulfide) groups is 1. The molecule has 0 spiro atoms. The predicted molar refractivity (Wildman–Crippen MR) is 85.0 cm³/mol. The number of rotatable bonds is 7. The lowest BCUT2D eigenvalue weighted by Gasteiger charge is -2.07. The lowest BCUT2D eigenvalue weighted by atomic mass is 10.2. The molecule has 114 valence electrons. The summed E-state index contributed by atoms with van der Waals surface area (Å²) in [5.74, 6) is 1.36. The second-order valence-corrected chi connectivity index (χ2v) is 6.01. The van der Waals surface area contributed by atoms with Crippen LogP contribution in [0, 0.1) is 13.8 Å². The number of aromatic amines is 1. The maximum absolute atomic E-state index is 12.4.